The molecule has 2 atom stereocenters. The minimum absolute atomic E-state index is 0.0181. The van der Waals surface area contributed by atoms with Crippen LogP contribution >= 0.6 is 11.6 Å². The van der Waals surface area contributed by atoms with Crippen molar-refractivity contribution in [1.82, 2.24) is 15.0 Å². The zero-order chi connectivity index (χ0) is 13.7. The van der Waals surface area contributed by atoms with Crippen molar-refractivity contribution in [2.75, 3.05) is 17.2 Å². The lowest BCUT2D eigenvalue weighted by Crippen LogP contribution is -2.33. The molecule has 1 aromatic heterocycles. The lowest BCUT2D eigenvalue weighted by atomic mass is 10.1. The van der Waals surface area contributed by atoms with Crippen molar-refractivity contribution in [3.05, 3.63) is 5.28 Å². The minimum Gasteiger partial charge on any atom is -0.391 e. The lowest BCUT2D eigenvalue weighted by Gasteiger charge is -2.21. The molecule has 0 spiro atoms. The molecule has 0 aliphatic heterocycles. The Hall–Kier alpha value is -1.14. The van der Waals surface area contributed by atoms with Crippen LogP contribution < -0.4 is 10.6 Å². The molecule has 1 aromatic rings. The Kier molecular flexibility index (Phi) is 5.15. The van der Waals surface area contributed by atoms with Crippen LogP contribution in [0, 0.1) is 0 Å². The maximum atomic E-state index is 10.1. The summed E-state index contributed by atoms with van der Waals surface area (Å²) in [5, 5.41) is 16.4. The van der Waals surface area contributed by atoms with Gasteiger partial charge in [-0.1, -0.05) is 19.3 Å². The summed E-state index contributed by atoms with van der Waals surface area (Å²) in [5.74, 6) is 0.870. The Balaban J connectivity index is 2.08. The van der Waals surface area contributed by atoms with Gasteiger partial charge in [-0.05, 0) is 31.4 Å². The second-order valence-corrected chi connectivity index (χ2v) is 5.08. The van der Waals surface area contributed by atoms with Gasteiger partial charge in [0.25, 0.3) is 0 Å². The Bertz CT molecular complexity index is 417. The summed E-state index contributed by atoms with van der Waals surface area (Å²) in [6.45, 7) is 2.67. The highest BCUT2D eigenvalue weighted by Crippen LogP contribution is 2.21. The average Bonchev–Trinajstić information content (AvgIpc) is 2.55. The number of hydrogen-bond acceptors (Lipinski definition) is 6. The Morgan fingerprint density at radius 3 is 2.68 bits per heavy atom. The van der Waals surface area contributed by atoms with Gasteiger partial charge in [-0.25, -0.2) is 0 Å². The molecule has 1 aliphatic carbocycles. The van der Waals surface area contributed by atoms with Gasteiger partial charge in [0, 0.05) is 6.54 Å². The molecule has 19 heavy (non-hydrogen) atoms. The van der Waals surface area contributed by atoms with Crippen molar-refractivity contribution < 1.29 is 5.11 Å². The van der Waals surface area contributed by atoms with E-state index < -0.39 is 0 Å². The van der Waals surface area contributed by atoms with E-state index in [1.807, 2.05) is 6.92 Å². The first-order valence-electron chi connectivity index (χ1n) is 6.79. The van der Waals surface area contributed by atoms with E-state index in [9.17, 15) is 5.11 Å². The molecule has 1 heterocycles. The average molecular weight is 286 g/mol. The fraction of sp³-hybridized carbons (Fsp3) is 0.750. The standard InChI is InChI=1S/C12H20ClN5O/c1-2-14-11-16-10(13)17-12(18-11)15-8-6-4-3-5-7-9(8)19/h8-9,19H,2-7H2,1H3,(H2,14,15,16,17,18). The van der Waals surface area contributed by atoms with E-state index in [2.05, 4.69) is 25.6 Å². The zero-order valence-electron chi connectivity index (χ0n) is 11.1. The predicted molar refractivity (Wildman–Crippen MR) is 75.5 cm³/mol. The molecule has 1 fully saturated rings. The summed E-state index contributed by atoms with van der Waals surface area (Å²) < 4.78 is 0. The van der Waals surface area contributed by atoms with Crippen LogP contribution in [-0.2, 0) is 0 Å². The number of halogens is 1. The van der Waals surface area contributed by atoms with Crippen molar-refractivity contribution >= 4 is 23.5 Å². The van der Waals surface area contributed by atoms with Gasteiger partial charge in [-0.2, -0.15) is 15.0 Å². The number of hydrogen-bond donors (Lipinski definition) is 3. The van der Waals surface area contributed by atoms with Gasteiger partial charge in [0.05, 0.1) is 12.1 Å². The van der Waals surface area contributed by atoms with Crippen LogP contribution in [0.3, 0.4) is 0 Å². The molecule has 0 saturated heterocycles. The van der Waals surface area contributed by atoms with E-state index >= 15 is 0 Å². The normalized spacial score (nSPS) is 23.7. The minimum atomic E-state index is -0.361. The van der Waals surface area contributed by atoms with Gasteiger partial charge in [-0.3, -0.25) is 0 Å². The van der Waals surface area contributed by atoms with Gasteiger partial charge in [0.15, 0.2) is 0 Å². The van der Waals surface area contributed by atoms with Crippen molar-refractivity contribution in [1.29, 1.82) is 0 Å². The second kappa shape index (κ2) is 6.86. The monoisotopic (exact) mass is 285 g/mol. The molecule has 106 valence electrons. The van der Waals surface area contributed by atoms with Gasteiger partial charge >= 0.3 is 0 Å². The third-order valence-electron chi connectivity index (χ3n) is 3.24. The van der Waals surface area contributed by atoms with Crippen LogP contribution in [0.4, 0.5) is 11.9 Å². The number of nitrogens with zero attached hydrogens (tertiary/aromatic N) is 3. The Morgan fingerprint density at radius 1 is 1.16 bits per heavy atom. The number of aliphatic hydroxyl groups excluding tert-OH is 1. The topological polar surface area (TPSA) is 83.0 Å². The van der Waals surface area contributed by atoms with Crippen LogP contribution in [0.5, 0.6) is 0 Å². The van der Waals surface area contributed by atoms with E-state index in [4.69, 9.17) is 11.6 Å². The zero-order valence-corrected chi connectivity index (χ0v) is 11.8. The molecule has 1 saturated carbocycles. The van der Waals surface area contributed by atoms with Gasteiger partial charge < -0.3 is 15.7 Å². The van der Waals surface area contributed by atoms with E-state index in [0.717, 1.165) is 32.1 Å². The van der Waals surface area contributed by atoms with Gasteiger partial charge in [0.1, 0.15) is 0 Å². The van der Waals surface area contributed by atoms with Gasteiger partial charge in [0.2, 0.25) is 17.2 Å². The van der Waals surface area contributed by atoms with Crippen LogP contribution in [0.15, 0.2) is 0 Å². The quantitative estimate of drug-likeness (QED) is 0.735. The van der Waals surface area contributed by atoms with E-state index in [-0.39, 0.29) is 17.4 Å². The number of aromatic nitrogens is 3. The lowest BCUT2D eigenvalue weighted by molar-refractivity contribution is 0.144. The molecule has 0 amide bonds. The van der Waals surface area contributed by atoms with Crippen LogP contribution in [0.1, 0.15) is 39.0 Å². The Morgan fingerprint density at radius 2 is 1.89 bits per heavy atom. The summed E-state index contributed by atoms with van der Waals surface area (Å²) in [5.41, 5.74) is 0. The molecule has 2 unspecified atom stereocenters. The molecule has 0 bridgehead atoms. The maximum Gasteiger partial charge on any atom is 0.229 e. The predicted octanol–water partition coefficient (Wildman–Crippen LogP) is 2.06. The van der Waals surface area contributed by atoms with Crippen molar-refractivity contribution in [3.8, 4) is 0 Å². The summed E-state index contributed by atoms with van der Waals surface area (Å²) in [7, 11) is 0. The van der Waals surface area contributed by atoms with E-state index in [0.29, 0.717) is 18.4 Å². The SMILES string of the molecule is CCNc1nc(Cl)nc(NC2CCCCCC2O)n1. The first-order chi connectivity index (χ1) is 9.19. The van der Waals surface area contributed by atoms with Crippen molar-refractivity contribution in [3.63, 3.8) is 0 Å². The number of aliphatic hydroxyl groups is 1. The smallest absolute Gasteiger partial charge is 0.229 e. The molecule has 6 nitrogen and oxygen atoms in total. The molecule has 7 heteroatoms. The third kappa shape index (κ3) is 4.18. The summed E-state index contributed by atoms with van der Waals surface area (Å²) in [6, 6.07) is -0.0181. The number of anilines is 2. The molecule has 3 N–H and O–H groups in total. The molecular weight excluding hydrogens is 266 g/mol. The van der Waals surface area contributed by atoms with Gasteiger partial charge in [-0.15, -0.1) is 0 Å². The fourth-order valence-electron chi connectivity index (χ4n) is 2.27. The molecule has 0 aromatic carbocycles. The van der Waals surface area contributed by atoms with Crippen molar-refractivity contribution in [2.24, 2.45) is 0 Å². The van der Waals surface area contributed by atoms with Crippen LogP contribution in [-0.4, -0.2) is 38.7 Å². The van der Waals surface area contributed by atoms with Crippen molar-refractivity contribution in [2.45, 2.75) is 51.2 Å². The third-order valence-corrected chi connectivity index (χ3v) is 3.41. The summed E-state index contributed by atoms with van der Waals surface area (Å²) in [4.78, 5) is 12.3. The van der Waals surface area contributed by atoms with Crippen LogP contribution in [0.2, 0.25) is 5.28 Å². The summed E-state index contributed by atoms with van der Waals surface area (Å²) in [6.07, 6.45) is 4.71. The highest BCUT2D eigenvalue weighted by Gasteiger charge is 2.22. The first kappa shape index (κ1) is 14.3. The van der Waals surface area contributed by atoms with E-state index in [1.165, 1.54) is 0 Å². The first-order valence-corrected chi connectivity index (χ1v) is 7.17. The molecular formula is C12H20ClN5O. The Labute approximate surface area is 118 Å². The number of nitrogens with one attached hydrogen (secondary N) is 2. The molecule has 1 aliphatic rings. The number of rotatable bonds is 4. The molecule has 0 radical (unpaired) electrons. The maximum absolute atomic E-state index is 10.1. The van der Waals surface area contributed by atoms with Crippen LogP contribution in [0.25, 0.3) is 0 Å². The fourth-order valence-corrected chi connectivity index (χ4v) is 2.43. The largest absolute Gasteiger partial charge is 0.391 e. The summed E-state index contributed by atoms with van der Waals surface area (Å²) >= 11 is 5.87. The second-order valence-electron chi connectivity index (χ2n) is 4.74. The highest BCUT2D eigenvalue weighted by atomic mass is 35.5. The van der Waals surface area contributed by atoms with E-state index in [1.54, 1.807) is 0 Å². The highest BCUT2D eigenvalue weighted by molar-refractivity contribution is 6.28. The molecule has 2 rings (SSSR count).